The maximum absolute atomic E-state index is 6.29. The number of pyridine rings is 1. The Kier molecular flexibility index (Phi) is 4.60. The van der Waals surface area contributed by atoms with Crippen LogP contribution in [0.15, 0.2) is 43.8 Å². The molecule has 0 atom stereocenters. The van der Waals surface area contributed by atoms with Crippen molar-refractivity contribution >= 4 is 50.0 Å². The number of benzene rings is 1. The molecule has 1 aromatic carbocycles. The number of aromatic nitrogens is 3. The molecule has 0 aliphatic rings. The molecule has 4 aromatic rings. The number of hydrogen-bond donors (Lipinski definition) is 0. The maximum Gasteiger partial charge on any atom is 0.283 e. The van der Waals surface area contributed by atoms with Gasteiger partial charge in [0.15, 0.2) is 22.8 Å². The van der Waals surface area contributed by atoms with E-state index in [9.17, 15) is 0 Å². The molecular formula is C17H10BrCl2N3O3. The minimum absolute atomic E-state index is 0.0287. The van der Waals surface area contributed by atoms with E-state index in [4.69, 9.17) is 36.8 Å². The number of ether oxygens (including phenoxy) is 1. The van der Waals surface area contributed by atoms with Gasteiger partial charge in [0, 0.05) is 11.1 Å². The third-order valence-corrected chi connectivity index (χ3v) is 4.59. The molecule has 0 radical (unpaired) electrons. The zero-order valence-electron chi connectivity index (χ0n) is 13.3. The van der Waals surface area contributed by atoms with Crippen LogP contribution in [0.5, 0.6) is 5.75 Å². The Morgan fingerprint density at radius 3 is 2.69 bits per heavy atom. The van der Waals surface area contributed by atoms with Gasteiger partial charge in [0.2, 0.25) is 0 Å². The predicted octanol–water partition coefficient (Wildman–Crippen LogP) is 5.83. The normalized spacial score (nSPS) is 11.2. The van der Waals surface area contributed by atoms with Gasteiger partial charge in [-0.1, -0.05) is 23.2 Å². The van der Waals surface area contributed by atoms with E-state index in [2.05, 4.69) is 31.1 Å². The van der Waals surface area contributed by atoms with Crippen LogP contribution in [0.2, 0.25) is 10.0 Å². The highest BCUT2D eigenvalue weighted by atomic mass is 79.9. The first-order valence-electron chi connectivity index (χ1n) is 7.47. The first-order chi connectivity index (χ1) is 12.5. The van der Waals surface area contributed by atoms with E-state index < -0.39 is 0 Å². The number of nitrogens with zero attached hydrogens (tertiary/aromatic N) is 3. The van der Waals surface area contributed by atoms with Crippen molar-refractivity contribution in [3.63, 3.8) is 0 Å². The fourth-order valence-electron chi connectivity index (χ4n) is 2.40. The van der Waals surface area contributed by atoms with E-state index in [1.54, 1.807) is 18.2 Å². The van der Waals surface area contributed by atoms with Gasteiger partial charge >= 0.3 is 0 Å². The molecule has 0 aliphatic heterocycles. The van der Waals surface area contributed by atoms with E-state index in [-0.39, 0.29) is 18.4 Å². The predicted molar refractivity (Wildman–Crippen MR) is 101 cm³/mol. The van der Waals surface area contributed by atoms with E-state index in [0.29, 0.717) is 31.7 Å². The number of halogens is 3. The Morgan fingerprint density at radius 1 is 1.08 bits per heavy atom. The van der Waals surface area contributed by atoms with Crippen molar-refractivity contribution in [3.8, 4) is 17.4 Å². The van der Waals surface area contributed by atoms with Crippen molar-refractivity contribution in [2.45, 2.75) is 13.5 Å². The summed E-state index contributed by atoms with van der Waals surface area (Å²) in [5.74, 6) is 1.41. The second kappa shape index (κ2) is 6.90. The first kappa shape index (κ1) is 17.3. The fraction of sp³-hybridized carbons (Fsp3) is 0.118. The van der Waals surface area contributed by atoms with E-state index in [0.717, 1.165) is 11.1 Å². The summed E-state index contributed by atoms with van der Waals surface area (Å²) < 4.78 is 17.3. The number of aryl methyl sites for hydroxylation is 1. The van der Waals surface area contributed by atoms with Crippen LogP contribution in [0, 0.1) is 6.92 Å². The van der Waals surface area contributed by atoms with Gasteiger partial charge < -0.3 is 13.6 Å². The topological polar surface area (TPSA) is 74.2 Å². The van der Waals surface area contributed by atoms with Gasteiger partial charge in [0.25, 0.3) is 11.8 Å². The Hall–Kier alpha value is -2.09. The maximum atomic E-state index is 6.29. The summed E-state index contributed by atoms with van der Waals surface area (Å²) in [4.78, 5) is 4.48. The fourth-order valence-corrected chi connectivity index (χ4v) is 3.28. The van der Waals surface area contributed by atoms with Gasteiger partial charge in [-0.2, -0.15) is 0 Å². The van der Waals surface area contributed by atoms with Gasteiger partial charge in [-0.05, 0) is 53.2 Å². The lowest BCUT2D eigenvalue weighted by atomic mass is 10.2. The van der Waals surface area contributed by atoms with Crippen LogP contribution in [0.3, 0.4) is 0 Å². The molecule has 0 saturated carbocycles. The van der Waals surface area contributed by atoms with E-state index in [1.165, 1.54) is 0 Å². The molecule has 3 aromatic heterocycles. The number of rotatable bonds is 4. The lowest BCUT2D eigenvalue weighted by Gasteiger charge is -2.11. The Balaban J connectivity index is 1.62. The van der Waals surface area contributed by atoms with Gasteiger partial charge in [-0.15, -0.1) is 10.2 Å². The van der Waals surface area contributed by atoms with Crippen molar-refractivity contribution in [2.24, 2.45) is 0 Å². The third-order valence-electron chi connectivity index (χ3n) is 3.57. The van der Waals surface area contributed by atoms with Gasteiger partial charge in [-0.3, -0.25) is 0 Å². The molecule has 0 N–H and O–H groups in total. The minimum atomic E-state index is 0.0287. The van der Waals surface area contributed by atoms with Crippen molar-refractivity contribution in [1.29, 1.82) is 0 Å². The summed E-state index contributed by atoms with van der Waals surface area (Å²) in [7, 11) is 0. The largest absolute Gasteiger partial charge is 0.480 e. The van der Waals surface area contributed by atoms with Crippen LogP contribution in [0.25, 0.3) is 22.6 Å². The van der Waals surface area contributed by atoms with E-state index in [1.807, 2.05) is 19.1 Å². The SMILES string of the molecule is Cc1ccc2c(Cl)cc(Cl)c(OCc3nnc(-c4ccc(Br)o4)o3)c2n1. The molecule has 0 fully saturated rings. The van der Waals surface area contributed by atoms with Crippen LogP contribution in [-0.4, -0.2) is 15.2 Å². The van der Waals surface area contributed by atoms with Gasteiger partial charge in [0.1, 0.15) is 5.52 Å². The summed E-state index contributed by atoms with van der Waals surface area (Å²) >= 11 is 15.8. The van der Waals surface area contributed by atoms with Crippen molar-refractivity contribution in [2.75, 3.05) is 0 Å². The molecule has 0 bridgehead atoms. The average Bonchev–Trinajstić information content (AvgIpc) is 3.23. The molecule has 0 spiro atoms. The number of fused-ring (bicyclic) bond motifs is 1. The van der Waals surface area contributed by atoms with Crippen molar-refractivity contribution in [3.05, 3.63) is 56.6 Å². The van der Waals surface area contributed by atoms with Gasteiger partial charge in [0.05, 0.1) is 10.0 Å². The molecular weight excluding hydrogens is 445 g/mol. The summed E-state index contributed by atoms with van der Waals surface area (Å²) in [6, 6.07) is 8.83. The molecule has 3 heterocycles. The van der Waals surface area contributed by atoms with Crippen LogP contribution in [0.4, 0.5) is 0 Å². The molecule has 0 aliphatic carbocycles. The van der Waals surface area contributed by atoms with Gasteiger partial charge in [-0.25, -0.2) is 4.98 Å². The highest BCUT2D eigenvalue weighted by Crippen LogP contribution is 2.37. The standard InChI is InChI=1S/C17H10BrCl2N3O3/c1-8-2-3-9-10(19)6-11(20)16(15(9)21-8)24-7-14-22-23-17(26-14)12-4-5-13(18)25-12/h2-6H,7H2,1H3. The highest BCUT2D eigenvalue weighted by Gasteiger charge is 2.16. The number of hydrogen-bond acceptors (Lipinski definition) is 6. The Bertz CT molecular complexity index is 1110. The smallest absolute Gasteiger partial charge is 0.283 e. The second-order valence-corrected chi connectivity index (χ2v) is 7.01. The van der Waals surface area contributed by atoms with Crippen LogP contribution < -0.4 is 4.74 Å². The summed E-state index contributed by atoms with van der Waals surface area (Å²) in [6.07, 6.45) is 0. The molecule has 0 saturated heterocycles. The van der Waals surface area contributed by atoms with Crippen LogP contribution >= 0.6 is 39.1 Å². The summed E-state index contributed by atoms with van der Waals surface area (Å²) in [5.41, 5.74) is 1.40. The zero-order chi connectivity index (χ0) is 18.3. The highest BCUT2D eigenvalue weighted by molar-refractivity contribution is 9.10. The molecule has 0 unspecified atom stereocenters. The minimum Gasteiger partial charge on any atom is -0.480 e. The van der Waals surface area contributed by atoms with E-state index >= 15 is 0 Å². The monoisotopic (exact) mass is 453 g/mol. The summed E-state index contributed by atoms with van der Waals surface area (Å²) in [5, 5.41) is 9.52. The Labute approximate surface area is 166 Å². The molecule has 9 heteroatoms. The zero-order valence-corrected chi connectivity index (χ0v) is 16.4. The third kappa shape index (κ3) is 3.30. The molecule has 132 valence electrons. The molecule has 4 rings (SSSR count). The summed E-state index contributed by atoms with van der Waals surface area (Å²) in [6.45, 7) is 1.91. The molecule has 0 amide bonds. The Morgan fingerprint density at radius 2 is 1.92 bits per heavy atom. The lowest BCUT2D eigenvalue weighted by Crippen LogP contribution is -1.99. The first-order valence-corrected chi connectivity index (χ1v) is 9.02. The molecule has 26 heavy (non-hydrogen) atoms. The molecule has 6 nitrogen and oxygen atoms in total. The lowest BCUT2D eigenvalue weighted by molar-refractivity contribution is 0.266. The quantitative estimate of drug-likeness (QED) is 0.386. The van der Waals surface area contributed by atoms with Crippen molar-refractivity contribution in [1.82, 2.24) is 15.2 Å². The van der Waals surface area contributed by atoms with Crippen molar-refractivity contribution < 1.29 is 13.6 Å². The average molecular weight is 455 g/mol. The second-order valence-electron chi connectivity index (χ2n) is 5.41. The van der Waals surface area contributed by atoms with Crippen LogP contribution in [0.1, 0.15) is 11.6 Å². The van der Waals surface area contributed by atoms with Crippen LogP contribution in [-0.2, 0) is 6.61 Å². The number of furan rings is 1.